The van der Waals surface area contributed by atoms with Crippen LogP contribution in [0.3, 0.4) is 0 Å². The van der Waals surface area contributed by atoms with Gasteiger partial charge in [0.1, 0.15) is 21.7 Å². The first-order valence-electron chi connectivity index (χ1n) is 8.18. The Labute approximate surface area is 163 Å². The molecule has 1 N–H and O–H groups in total. The third-order valence-corrected chi connectivity index (χ3v) is 9.57. The van der Waals surface area contributed by atoms with Crippen LogP contribution in [0.2, 0.25) is 0 Å². The first-order valence-corrected chi connectivity index (χ1v) is 11.9. The minimum Gasteiger partial charge on any atom is -0.387 e. The predicted molar refractivity (Wildman–Crippen MR) is 109 cm³/mol. The Bertz CT molecular complexity index is 514. The van der Waals surface area contributed by atoms with Gasteiger partial charge in [-0.1, -0.05) is 30.3 Å². The van der Waals surface area contributed by atoms with Crippen LogP contribution in [0.5, 0.6) is 0 Å². The van der Waals surface area contributed by atoms with Gasteiger partial charge < -0.3 is 19.3 Å². The maximum absolute atomic E-state index is 11.1. The van der Waals surface area contributed by atoms with E-state index in [2.05, 4.69) is 0 Å². The molecule has 1 aliphatic heterocycles. The van der Waals surface area contributed by atoms with E-state index in [1.807, 2.05) is 62.9 Å². The highest BCUT2D eigenvalue weighted by Crippen LogP contribution is 2.49. The lowest BCUT2D eigenvalue weighted by Crippen LogP contribution is -2.47. The van der Waals surface area contributed by atoms with Crippen molar-refractivity contribution in [1.29, 1.82) is 0 Å². The first-order chi connectivity index (χ1) is 11.9. The molecule has 0 amide bonds. The minimum absolute atomic E-state index is 0.306. The summed E-state index contributed by atoms with van der Waals surface area (Å²) in [6.07, 6.45) is 4.62. The Kier molecular flexibility index (Phi) is 8.01. The molecule has 1 aromatic rings. The van der Waals surface area contributed by atoms with Crippen molar-refractivity contribution in [2.45, 2.75) is 48.0 Å². The molecule has 142 valence electrons. The number of thioether (sulfide) groups is 3. The fourth-order valence-electron chi connectivity index (χ4n) is 2.94. The lowest BCUT2D eigenvalue weighted by molar-refractivity contribution is -0.157. The molecule has 1 aliphatic rings. The molecule has 7 heteroatoms. The van der Waals surface area contributed by atoms with Gasteiger partial charge >= 0.3 is 0 Å². The molecule has 1 heterocycles. The van der Waals surface area contributed by atoms with Crippen molar-refractivity contribution in [3.05, 3.63) is 35.9 Å². The van der Waals surface area contributed by atoms with Crippen molar-refractivity contribution >= 4 is 35.3 Å². The molecule has 4 nitrogen and oxygen atoms in total. The summed E-state index contributed by atoms with van der Waals surface area (Å²) in [5, 5.41) is 11.1. The van der Waals surface area contributed by atoms with Gasteiger partial charge in [0.25, 0.3) is 0 Å². The van der Waals surface area contributed by atoms with Crippen LogP contribution in [0.15, 0.2) is 30.3 Å². The fraction of sp³-hybridized carbons (Fsp3) is 0.667. The van der Waals surface area contributed by atoms with Gasteiger partial charge in [-0.2, -0.15) is 0 Å². The standard InChI is InChI=1S/C18H28O4S3/c1-17(2)21-14(12-20-11-13-9-7-6-8-10-13)15(22-17)16(19)18(23-3,24-4)25-5/h6-10,14-16,19H,11-12H2,1-5H3/t14-,15+,16?/m0/s1. The molecule has 3 atom stereocenters. The monoisotopic (exact) mass is 404 g/mol. The second-order valence-corrected chi connectivity index (χ2v) is 10.2. The van der Waals surface area contributed by atoms with Gasteiger partial charge in [-0.3, -0.25) is 0 Å². The van der Waals surface area contributed by atoms with Crippen molar-refractivity contribution in [3.63, 3.8) is 0 Å². The van der Waals surface area contributed by atoms with E-state index in [9.17, 15) is 5.11 Å². The molecule has 1 saturated heterocycles. The normalized spacial score (nSPS) is 24.4. The van der Waals surface area contributed by atoms with E-state index in [0.717, 1.165) is 5.56 Å². The molecule has 0 aliphatic carbocycles. The molecule has 0 saturated carbocycles. The highest BCUT2D eigenvalue weighted by Gasteiger charge is 2.51. The summed E-state index contributed by atoms with van der Waals surface area (Å²) >= 11 is 4.90. The summed E-state index contributed by atoms with van der Waals surface area (Å²) in [6, 6.07) is 10.0. The first kappa shape index (κ1) is 21.4. The molecule has 0 aromatic heterocycles. The Balaban J connectivity index is 2.04. The van der Waals surface area contributed by atoms with Crippen LogP contribution < -0.4 is 0 Å². The van der Waals surface area contributed by atoms with Crippen LogP contribution >= 0.6 is 35.3 Å². The molecule has 1 aromatic carbocycles. The van der Waals surface area contributed by atoms with E-state index in [1.165, 1.54) is 0 Å². The summed E-state index contributed by atoms with van der Waals surface area (Å²) < 4.78 is 17.5. The average Bonchev–Trinajstić information content (AvgIpc) is 2.92. The van der Waals surface area contributed by atoms with Gasteiger partial charge in [0.15, 0.2) is 5.79 Å². The van der Waals surface area contributed by atoms with E-state index in [0.29, 0.717) is 13.2 Å². The van der Waals surface area contributed by atoms with Gasteiger partial charge in [0.05, 0.1) is 13.2 Å². The molecular weight excluding hydrogens is 376 g/mol. The van der Waals surface area contributed by atoms with E-state index >= 15 is 0 Å². The van der Waals surface area contributed by atoms with Crippen LogP contribution in [-0.2, 0) is 20.8 Å². The Hall–Kier alpha value is 0.110. The highest BCUT2D eigenvalue weighted by atomic mass is 32.3. The highest BCUT2D eigenvalue weighted by molar-refractivity contribution is 8.33. The van der Waals surface area contributed by atoms with Crippen molar-refractivity contribution in [1.82, 2.24) is 0 Å². The Morgan fingerprint density at radius 3 is 2.28 bits per heavy atom. The maximum Gasteiger partial charge on any atom is 0.164 e. The van der Waals surface area contributed by atoms with Gasteiger partial charge in [-0.15, -0.1) is 35.3 Å². The second kappa shape index (κ2) is 9.35. The number of rotatable bonds is 9. The smallest absolute Gasteiger partial charge is 0.164 e. The quantitative estimate of drug-likeness (QED) is 0.628. The van der Waals surface area contributed by atoms with Gasteiger partial charge in [0.2, 0.25) is 0 Å². The second-order valence-electron chi connectivity index (χ2n) is 6.30. The molecule has 25 heavy (non-hydrogen) atoms. The van der Waals surface area contributed by atoms with Crippen LogP contribution in [0.25, 0.3) is 0 Å². The number of hydrogen-bond acceptors (Lipinski definition) is 7. The lowest BCUT2D eigenvalue weighted by atomic mass is 10.1. The maximum atomic E-state index is 11.1. The zero-order chi connectivity index (χ0) is 18.5. The number of benzene rings is 1. The average molecular weight is 405 g/mol. The molecule has 1 fully saturated rings. The SMILES string of the molecule is CSC(SC)(SC)C(O)[C@@H]1OC(C)(C)O[C@H]1COCc1ccccc1. The van der Waals surface area contributed by atoms with E-state index < -0.39 is 21.4 Å². The summed E-state index contributed by atoms with van der Waals surface area (Å²) in [6.45, 7) is 4.65. The number of aliphatic hydroxyl groups excluding tert-OH is 1. The molecule has 1 unspecified atom stereocenters. The third kappa shape index (κ3) is 5.31. The van der Waals surface area contributed by atoms with Crippen molar-refractivity contribution in [2.75, 3.05) is 25.4 Å². The number of aliphatic hydroxyl groups is 1. The van der Waals surface area contributed by atoms with Crippen LogP contribution in [0.4, 0.5) is 0 Å². The zero-order valence-corrected chi connectivity index (χ0v) is 17.9. The molecule has 0 radical (unpaired) electrons. The van der Waals surface area contributed by atoms with E-state index in [1.54, 1.807) is 35.3 Å². The van der Waals surface area contributed by atoms with Crippen LogP contribution in [-0.4, -0.2) is 58.0 Å². The van der Waals surface area contributed by atoms with Crippen molar-refractivity contribution in [2.24, 2.45) is 0 Å². The Morgan fingerprint density at radius 2 is 1.72 bits per heavy atom. The topological polar surface area (TPSA) is 47.9 Å². The molecular formula is C18H28O4S3. The van der Waals surface area contributed by atoms with Gasteiger partial charge in [-0.05, 0) is 38.2 Å². The van der Waals surface area contributed by atoms with Crippen molar-refractivity contribution < 1.29 is 19.3 Å². The number of hydrogen-bond donors (Lipinski definition) is 1. The van der Waals surface area contributed by atoms with Gasteiger partial charge in [0, 0.05) is 0 Å². The minimum atomic E-state index is -0.729. The largest absolute Gasteiger partial charge is 0.387 e. The Morgan fingerprint density at radius 1 is 1.12 bits per heavy atom. The number of ether oxygens (including phenoxy) is 3. The predicted octanol–water partition coefficient (Wildman–Crippen LogP) is 3.83. The molecule has 0 spiro atoms. The summed E-state index contributed by atoms with van der Waals surface area (Å²) in [4.78, 5) is 0. The van der Waals surface area contributed by atoms with Crippen molar-refractivity contribution in [3.8, 4) is 0 Å². The van der Waals surface area contributed by atoms with Crippen LogP contribution in [0, 0.1) is 0 Å². The summed E-state index contributed by atoms with van der Waals surface area (Å²) in [5.74, 6) is -0.729. The fourth-order valence-corrected chi connectivity index (χ4v) is 6.07. The van der Waals surface area contributed by atoms with E-state index in [-0.39, 0.29) is 6.10 Å². The summed E-state index contributed by atoms with van der Waals surface area (Å²) in [5.41, 5.74) is 1.12. The molecule has 0 bridgehead atoms. The molecule has 2 rings (SSSR count). The lowest BCUT2D eigenvalue weighted by Gasteiger charge is -2.37. The third-order valence-electron chi connectivity index (χ3n) is 4.14. The summed E-state index contributed by atoms with van der Waals surface area (Å²) in [7, 11) is 0. The van der Waals surface area contributed by atoms with Gasteiger partial charge in [-0.25, -0.2) is 0 Å². The van der Waals surface area contributed by atoms with E-state index in [4.69, 9.17) is 14.2 Å². The van der Waals surface area contributed by atoms with Crippen LogP contribution in [0.1, 0.15) is 19.4 Å². The zero-order valence-electron chi connectivity index (χ0n) is 15.4.